The van der Waals surface area contributed by atoms with Crippen LogP contribution in [0.1, 0.15) is 17.2 Å². The first-order valence-electron chi connectivity index (χ1n) is 6.66. The summed E-state index contributed by atoms with van der Waals surface area (Å²) in [6, 6.07) is 16.2. The van der Waals surface area contributed by atoms with Gasteiger partial charge in [-0.2, -0.15) is 0 Å². The van der Waals surface area contributed by atoms with Crippen molar-refractivity contribution >= 4 is 38.4 Å². The molecule has 3 rings (SSSR count). The molecule has 1 unspecified atom stereocenters. The summed E-state index contributed by atoms with van der Waals surface area (Å²) in [4.78, 5) is 4.53. The van der Waals surface area contributed by atoms with Crippen LogP contribution in [-0.4, -0.2) is 12.0 Å². The first-order valence-corrected chi connectivity index (χ1v) is 7.83. The fourth-order valence-corrected chi connectivity index (χ4v) is 3.36. The lowest BCUT2D eigenvalue weighted by Gasteiger charge is -2.20. The summed E-state index contributed by atoms with van der Waals surface area (Å²) < 4.78 is 0.974. The molecule has 1 aromatic heterocycles. The van der Waals surface area contributed by atoms with Crippen LogP contribution in [0, 0.1) is 0 Å². The van der Waals surface area contributed by atoms with Crippen LogP contribution >= 0.6 is 27.5 Å². The molecule has 1 N–H and O–H groups in total. The molecule has 0 spiro atoms. The minimum atomic E-state index is 0.00389. The van der Waals surface area contributed by atoms with Crippen LogP contribution in [0.15, 0.2) is 59.2 Å². The van der Waals surface area contributed by atoms with Gasteiger partial charge < -0.3 is 5.32 Å². The van der Waals surface area contributed by atoms with Crippen LogP contribution in [-0.2, 0) is 0 Å². The molecule has 0 aliphatic carbocycles. The Morgan fingerprint density at radius 3 is 2.67 bits per heavy atom. The Morgan fingerprint density at radius 2 is 1.90 bits per heavy atom. The molecule has 0 aliphatic rings. The van der Waals surface area contributed by atoms with E-state index in [1.54, 1.807) is 0 Å². The van der Waals surface area contributed by atoms with E-state index in [2.05, 4.69) is 50.5 Å². The minimum Gasteiger partial charge on any atom is -0.309 e. The maximum Gasteiger partial charge on any atom is 0.0753 e. The Balaban J connectivity index is 2.18. The molecule has 0 saturated carbocycles. The summed E-state index contributed by atoms with van der Waals surface area (Å²) in [5.74, 6) is 0. The molecule has 2 aromatic carbocycles. The van der Waals surface area contributed by atoms with Crippen molar-refractivity contribution < 1.29 is 0 Å². The smallest absolute Gasteiger partial charge is 0.0753 e. The molecule has 21 heavy (non-hydrogen) atoms. The third-order valence-corrected chi connectivity index (χ3v) is 4.36. The second-order valence-corrected chi connectivity index (χ2v) is 6.13. The Bertz CT molecular complexity index is 783. The third-order valence-electron chi connectivity index (χ3n) is 3.54. The molecule has 0 bridgehead atoms. The van der Waals surface area contributed by atoms with Gasteiger partial charge in [0.25, 0.3) is 0 Å². The number of pyridine rings is 1. The molecular formula is C17H14BrClN2. The number of aromatic nitrogens is 1. The van der Waals surface area contributed by atoms with Crippen molar-refractivity contribution in [1.82, 2.24) is 10.3 Å². The van der Waals surface area contributed by atoms with Crippen LogP contribution in [0.2, 0.25) is 5.02 Å². The summed E-state index contributed by atoms with van der Waals surface area (Å²) in [6.07, 6.45) is 1.82. The van der Waals surface area contributed by atoms with Crippen molar-refractivity contribution in [3.8, 4) is 0 Å². The summed E-state index contributed by atoms with van der Waals surface area (Å²) in [5.41, 5.74) is 3.17. The molecular weight excluding hydrogens is 348 g/mol. The molecule has 4 heteroatoms. The molecule has 0 radical (unpaired) electrons. The van der Waals surface area contributed by atoms with Crippen LogP contribution in [0.4, 0.5) is 0 Å². The normalized spacial score (nSPS) is 12.5. The number of hydrogen-bond donors (Lipinski definition) is 1. The average Bonchev–Trinajstić information content (AvgIpc) is 2.50. The molecule has 2 nitrogen and oxygen atoms in total. The maximum absolute atomic E-state index is 6.41. The largest absolute Gasteiger partial charge is 0.309 e. The van der Waals surface area contributed by atoms with E-state index in [1.165, 1.54) is 0 Å². The lowest BCUT2D eigenvalue weighted by molar-refractivity contribution is 0.695. The van der Waals surface area contributed by atoms with Crippen LogP contribution in [0.3, 0.4) is 0 Å². The molecule has 106 valence electrons. The van der Waals surface area contributed by atoms with Gasteiger partial charge >= 0.3 is 0 Å². The van der Waals surface area contributed by atoms with E-state index in [-0.39, 0.29) is 6.04 Å². The number of benzene rings is 2. The van der Waals surface area contributed by atoms with Gasteiger partial charge in [0.1, 0.15) is 0 Å². The van der Waals surface area contributed by atoms with E-state index in [0.717, 1.165) is 31.5 Å². The van der Waals surface area contributed by atoms with Crippen molar-refractivity contribution in [3.63, 3.8) is 0 Å². The Kier molecular flexibility index (Phi) is 4.24. The number of hydrogen-bond acceptors (Lipinski definition) is 2. The monoisotopic (exact) mass is 360 g/mol. The van der Waals surface area contributed by atoms with Crippen molar-refractivity contribution in [2.75, 3.05) is 7.05 Å². The van der Waals surface area contributed by atoms with Crippen molar-refractivity contribution in [2.24, 2.45) is 0 Å². The van der Waals surface area contributed by atoms with Crippen molar-refractivity contribution in [3.05, 3.63) is 75.4 Å². The van der Waals surface area contributed by atoms with E-state index in [1.807, 2.05) is 37.5 Å². The lowest BCUT2D eigenvalue weighted by atomic mass is 9.96. The minimum absolute atomic E-state index is 0.00389. The quantitative estimate of drug-likeness (QED) is 0.713. The molecule has 3 aromatic rings. The van der Waals surface area contributed by atoms with Gasteiger partial charge in [-0.05, 0) is 36.4 Å². The van der Waals surface area contributed by atoms with Gasteiger partial charge in [-0.15, -0.1) is 0 Å². The summed E-state index contributed by atoms with van der Waals surface area (Å²) in [6.45, 7) is 0. The second kappa shape index (κ2) is 6.14. The standard InChI is InChI=1S/C17H14BrClN2/c1-20-17(13-8-7-12(18)10-15(13)19)14-6-2-4-11-5-3-9-21-16(11)14/h2-10,17,20H,1H3. The van der Waals surface area contributed by atoms with Gasteiger partial charge in [-0.1, -0.05) is 57.9 Å². The van der Waals surface area contributed by atoms with Crippen LogP contribution in [0.25, 0.3) is 10.9 Å². The number of nitrogens with one attached hydrogen (secondary N) is 1. The van der Waals surface area contributed by atoms with Gasteiger partial charge in [0, 0.05) is 21.1 Å². The fraction of sp³-hybridized carbons (Fsp3) is 0.118. The summed E-state index contributed by atoms with van der Waals surface area (Å²) in [5, 5.41) is 5.21. The number of halogens is 2. The SMILES string of the molecule is CNC(c1ccc(Br)cc1Cl)c1cccc2cccnc12. The Morgan fingerprint density at radius 1 is 1.10 bits per heavy atom. The molecule has 0 aliphatic heterocycles. The van der Waals surface area contributed by atoms with Gasteiger partial charge in [0.15, 0.2) is 0 Å². The van der Waals surface area contributed by atoms with E-state index in [9.17, 15) is 0 Å². The zero-order valence-corrected chi connectivity index (χ0v) is 13.8. The number of nitrogens with zero attached hydrogens (tertiary/aromatic N) is 1. The van der Waals surface area contributed by atoms with Crippen molar-refractivity contribution in [1.29, 1.82) is 0 Å². The van der Waals surface area contributed by atoms with Gasteiger partial charge in [0.05, 0.1) is 11.6 Å². The van der Waals surface area contributed by atoms with E-state index in [0.29, 0.717) is 0 Å². The molecule has 1 atom stereocenters. The Labute approximate surface area is 137 Å². The summed E-state index contributed by atoms with van der Waals surface area (Å²) in [7, 11) is 1.94. The highest BCUT2D eigenvalue weighted by Crippen LogP contribution is 2.33. The molecule has 0 amide bonds. The highest BCUT2D eigenvalue weighted by atomic mass is 79.9. The van der Waals surface area contributed by atoms with Crippen molar-refractivity contribution in [2.45, 2.75) is 6.04 Å². The van der Waals surface area contributed by atoms with E-state index >= 15 is 0 Å². The molecule has 0 fully saturated rings. The van der Waals surface area contributed by atoms with E-state index < -0.39 is 0 Å². The number of fused-ring (bicyclic) bond motifs is 1. The first kappa shape index (κ1) is 14.5. The van der Waals surface area contributed by atoms with Crippen LogP contribution in [0.5, 0.6) is 0 Å². The maximum atomic E-state index is 6.41. The Hall–Kier alpha value is -1.42. The fourth-order valence-electron chi connectivity index (χ4n) is 2.57. The summed E-state index contributed by atoms with van der Waals surface area (Å²) >= 11 is 9.86. The molecule has 0 saturated heterocycles. The van der Waals surface area contributed by atoms with Gasteiger partial charge in [-0.25, -0.2) is 0 Å². The number of para-hydroxylation sites is 1. The number of rotatable bonds is 3. The second-order valence-electron chi connectivity index (χ2n) is 4.81. The highest BCUT2D eigenvalue weighted by molar-refractivity contribution is 9.10. The predicted molar refractivity (Wildman–Crippen MR) is 91.8 cm³/mol. The average molecular weight is 362 g/mol. The topological polar surface area (TPSA) is 24.9 Å². The van der Waals surface area contributed by atoms with E-state index in [4.69, 9.17) is 11.6 Å². The first-order chi connectivity index (χ1) is 10.2. The zero-order valence-electron chi connectivity index (χ0n) is 11.5. The zero-order chi connectivity index (χ0) is 14.8. The predicted octanol–water partition coefficient (Wildman–Crippen LogP) is 4.96. The highest BCUT2D eigenvalue weighted by Gasteiger charge is 2.18. The van der Waals surface area contributed by atoms with Crippen LogP contribution < -0.4 is 5.32 Å². The lowest BCUT2D eigenvalue weighted by Crippen LogP contribution is -2.18. The molecule has 1 heterocycles. The van der Waals surface area contributed by atoms with Gasteiger partial charge in [-0.3, -0.25) is 4.98 Å². The third kappa shape index (κ3) is 2.82. The van der Waals surface area contributed by atoms with Gasteiger partial charge in [0.2, 0.25) is 0 Å².